The summed E-state index contributed by atoms with van der Waals surface area (Å²) in [5, 5.41) is 5.04. The number of imidazole rings is 1. The van der Waals surface area contributed by atoms with Gasteiger partial charge in [0.25, 0.3) is 0 Å². The SMILES string of the molecule is C1=CC2c3ccccc3C3NC=C(c4cccc(-c5cnc6c7c(c8ccccc8n56)CCC=C7)c4)N3C2C=C1. The van der Waals surface area contributed by atoms with Crippen molar-refractivity contribution in [3.8, 4) is 11.3 Å². The monoisotopic (exact) mass is 516 g/mol. The average molecular weight is 517 g/mol. The van der Waals surface area contributed by atoms with Gasteiger partial charge in [-0.2, -0.15) is 0 Å². The first kappa shape index (κ1) is 22.0. The Morgan fingerprint density at radius 2 is 1.70 bits per heavy atom. The van der Waals surface area contributed by atoms with Crippen molar-refractivity contribution < 1.29 is 0 Å². The van der Waals surface area contributed by atoms with Crippen LogP contribution in [-0.4, -0.2) is 20.3 Å². The Labute approximate surface area is 233 Å². The van der Waals surface area contributed by atoms with E-state index < -0.39 is 0 Å². The lowest BCUT2D eigenvalue weighted by Crippen LogP contribution is -2.44. The van der Waals surface area contributed by atoms with Gasteiger partial charge in [0.05, 0.1) is 29.1 Å². The number of para-hydroxylation sites is 1. The fourth-order valence-corrected chi connectivity index (χ4v) is 7.37. The molecular formula is C36H28N4. The third kappa shape index (κ3) is 2.99. The summed E-state index contributed by atoms with van der Waals surface area (Å²) < 4.78 is 2.36. The highest BCUT2D eigenvalue weighted by Gasteiger charge is 2.42. The molecule has 40 heavy (non-hydrogen) atoms. The van der Waals surface area contributed by atoms with Gasteiger partial charge < -0.3 is 10.2 Å². The molecule has 9 rings (SSSR count). The molecule has 2 aliphatic carbocycles. The van der Waals surface area contributed by atoms with Crippen LogP contribution in [0.15, 0.2) is 116 Å². The summed E-state index contributed by atoms with van der Waals surface area (Å²) in [5.74, 6) is 0.341. The smallest absolute Gasteiger partial charge is 0.145 e. The largest absolute Gasteiger partial charge is 0.366 e. The molecule has 5 aromatic rings. The summed E-state index contributed by atoms with van der Waals surface area (Å²) in [7, 11) is 0. The fraction of sp³-hybridized carbons (Fsp3) is 0.139. The second kappa shape index (κ2) is 8.33. The second-order valence-corrected chi connectivity index (χ2v) is 11.2. The van der Waals surface area contributed by atoms with E-state index >= 15 is 0 Å². The first-order valence-corrected chi connectivity index (χ1v) is 14.2. The predicted octanol–water partition coefficient (Wildman–Crippen LogP) is 7.61. The molecule has 0 spiro atoms. The van der Waals surface area contributed by atoms with E-state index in [1.54, 1.807) is 0 Å². The number of pyridine rings is 1. The van der Waals surface area contributed by atoms with Gasteiger partial charge in [0, 0.05) is 34.2 Å². The van der Waals surface area contributed by atoms with Gasteiger partial charge in [-0.25, -0.2) is 4.98 Å². The lowest BCUT2D eigenvalue weighted by molar-refractivity contribution is 0.218. The van der Waals surface area contributed by atoms with E-state index in [4.69, 9.17) is 4.98 Å². The summed E-state index contributed by atoms with van der Waals surface area (Å²) in [6.45, 7) is 0. The molecule has 0 saturated carbocycles. The standard InChI is InChI=1S/C36H28N4/c1-3-16-29-25(12-1)27-14-5-7-18-31(27)39-33(21-37-35(29)39)23-10-9-11-24(20-23)34-22-38-36-30-17-4-2-13-26(30)28-15-6-8-19-32(28)40(34)36/h1,3-12,14-22,27,31,35,37H,2,13H2. The van der Waals surface area contributed by atoms with Crippen LogP contribution >= 0.6 is 0 Å². The van der Waals surface area contributed by atoms with Crippen molar-refractivity contribution in [3.05, 3.63) is 143 Å². The number of hydrogen-bond donors (Lipinski definition) is 1. The van der Waals surface area contributed by atoms with Crippen LogP contribution in [0.25, 0.3) is 39.6 Å². The highest BCUT2D eigenvalue weighted by atomic mass is 15.3. The van der Waals surface area contributed by atoms with Crippen molar-refractivity contribution in [3.63, 3.8) is 0 Å². The lowest BCUT2D eigenvalue weighted by Gasteiger charge is -2.45. The van der Waals surface area contributed by atoms with Gasteiger partial charge in [-0.1, -0.05) is 97.1 Å². The Kier molecular flexibility index (Phi) is 4.59. The lowest BCUT2D eigenvalue weighted by atomic mass is 9.79. The molecule has 4 heteroatoms. The van der Waals surface area contributed by atoms with Crippen LogP contribution in [0.2, 0.25) is 0 Å². The van der Waals surface area contributed by atoms with E-state index in [-0.39, 0.29) is 12.2 Å². The molecule has 2 aliphatic heterocycles. The zero-order valence-electron chi connectivity index (χ0n) is 22.0. The molecule has 0 fully saturated rings. The fourth-order valence-electron chi connectivity index (χ4n) is 7.37. The van der Waals surface area contributed by atoms with Crippen LogP contribution in [0.5, 0.6) is 0 Å². The van der Waals surface area contributed by atoms with Gasteiger partial charge in [0.1, 0.15) is 11.8 Å². The molecule has 2 aromatic heterocycles. The molecule has 3 unspecified atom stereocenters. The number of aryl methyl sites for hydroxylation is 1. The highest BCUT2D eigenvalue weighted by Crippen LogP contribution is 2.48. The molecule has 192 valence electrons. The normalized spacial score (nSPS) is 22.1. The molecule has 1 N–H and O–H groups in total. The van der Waals surface area contributed by atoms with Crippen molar-refractivity contribution >= 4 is 28.3 Å². The summed E-state index contributed by atoms with van der Waals surface area (Å²) in [6.07, 6.45) is 20.2. The van der Waals surface area contributed by atoms with Crippen LogP contribution in [0.4, 0.5) is 0 Å². The maximum atomic E-state index is 4.99. The predicted molar refractivity (Wildman–Crippen MR) is 162 cm³/mol. The van der Waals surface area contributed by atoms with Gasteiger partial charge in [-0.15, -0.1) is 0 Å². The molecule has 0 radical (unpaired) electrons. The first-order valence-electron chi connectivity index (χ1n) is 14.2. The molecular weight excluding hydrogens is 488 g/mol. The van der Waals surface area contributed by atoms with E-state index in [0.29, 0.717) is 5.92 Å². The highest BCUT2D eigenvalue weighted by molar-refractivity contribution is 5.93. The van der Waals surface area contributed by atoms with E-state index in [9.17, 15) is 0 Å². The minimum absolute atomic E-state index is 0.130. The van der Waals surface area contributed by atoms with E-state index in [1.807, 2.05) is 0 Å². The Morgan fingerprint density at radius 3 is 2.67 bits per heavy atom. The van der Waals surface area contributed by atoms with Crippen LogP contribution < -0.4 is 5.32 Å². The molecule has 4 aliphatic rings. The Balaban J connectivity index is 1.19. The van der Waals surface area contributed by atoms with Crippen molar-refractivity contribution in [1.29, 1.82) is 0 Å². The van der Waals surface area contributed by atoms with Gasteiger partial charge >= 0.3 is 0 Å². The van der Waals surface area contributed by atoms with E-state index in [2.05, 4.69) is 136 Å². The van der Waals surface area contributed by atoms with Crippen molar-refractivity contribution in [2.45, 2.75) is 31.0 Å². The number of aromatic nitrogens is 2. The third-order valence-electron chi connectivity index (χ3n) is 9.11. The average Bonchev–Trinajstić information content (AvgIpc) is 3.68. The van der Waals surface area contributed by atoms with Crippen LogP contribution in [0.3, 0.4) is 0 Å². The number of nitrogens with zero attached hydrogens (tertiary/aromatic N) is 3. The Hall–Kier alpha value is -4.83. The van der Waals surface area contributed by atoms with Gasteiger partial charge in [-0.3, -0.25) is 4.40 Å². The number of hydrogen-bond acceptors (Lipinski definition) is 3. The number of rotatable bonds is 2. The molecule has 0 amide bonds. The summed E-state index contributed by atoms with van der Waals surface area (Å²) in [6, 6.07) is 26.9. The van der Waals surface area contributed by atoms with E-state index in [1.165, 1.54) is 50.0 Å². The van der Waals surface area contributed by atoms with Crippen LogP contribution in [0, 0.1) is 0 Å². The van der Waals surface area contributed by atoms with Gasteiger partial charge in [-0.05, 0) is 41.7 Å². The molecule has 4 nitrogen and oxygen atoms in total. The third-order valence-corrected chi connectivity index (χ3v) is 9.11. The summed E-state index contributed by atoms with van der Waals surface area (Å²) >= 11 is 0. The zero-order chi connectivity index (χ0) is 26.2. The Morgan fingerprint density at radius 1 is 0.850 bits per heavy atom. The summed E-state index contributed by atoms with van der Waals surface area (Å²) in [4.78, 5) is 7.55. The maximum Gasteiger partial charge on any atom is 0.145 e. The van der Waals surface area contributed by atoms with Crippen molar-refractivity contribution in [1.82, 2.24) is 19.6 Å². The second-order valence-electron chi connectivity index (χ2n) is 11.2. The Bertz CT molecular complexity index is 1970. The van der Waals surface area contributed by atoms with Gasteiger partial charge in [0.2, 0.25) is 0 Å². The first-order chi connectivity index (χ1) is 19.9. The topological polar surface area (TPSA) is 32.6 Å². The maximum absolute atomic E-state index is 4.99. The molecule has 0 saturated heterocycles. The quantitative estimate of drug-likeness (QED) is 0.262. The number of allylic oxidation sites excluding steroid dienone is 3. The molecule has 4 heterocycles. The van der Waals surface area contributed by atoms with Gasteiger partial charge in [0.15, 0.2) is 0 Å². The minimum Gasteiger partial charge on any atom is -0.366 e. The number of benzene rings is 3. The molecule has 3 aromatic carbocycles. The van der Waals surface area contributed by atoms with Crippen molar-refractivity contribution in [2.75, 3.05) is 0 Å². The van der Waals surface area contributed by atoms with Crippen molar-refractivity contribution in [2.24, 2.45) is 0 Å². The summed E-state index contributed by atoms with van der Waals surface area (Å²) in [5.41, 5.74) is 12.5. The zero-order valence-corrected chi connectivity index (χ0v) is 22.0. The van der Waals surface area contributed by atoms with Crippen LogP contribution in [-0.2, 0) is 6.42 Å². The molecule has 0 bridgehead atoms. The number of nitrogens with one attached hydrogen (secondary N) is 1. The van der Waals surface area contributed by atoms with E-state index in [0.717, 1.165) is 24.2 Å². The molecule has 3 atom stereocenters. The number of fused-ring (bicyclic) bond motifs is 12. The van der Waals surface area contributed by atoms with Crippen LogP contribution in [0.1, 0.15) is 46.3 Å². The minimum atomic E-state index is 0.130.